The summed E-state index contributed by atoms with van der Waals surface area (Å²) in [7, 11) is 0. The largest absolute Gasteiger partial charge is 0.487 e. The van der Waals surface area contributed by atoms with Crippen LogP contribution in [0.1, 0.15) is 12.0 Å². The van der Waals surface area contributed by atoms with Gasteiger partial charge in [-0.2, -0.15) is 0 Å². The van der Waals surface area contributed by atoms with Gasteiger partial charge in [-0.3, -0.25) is 4.79 Å². The zero-order chi connectivity index (χ0) is 15.8. The second-order valence-corrected chi connectivity index (χ2v) is 5.16. The van der Waals surface area contributed by atoms with E-state index in [1.165, 1.54) is 0 Å². The Morgan fingerprint density at radius 1 is 1.41 bits per heavy atom. The van der Waals surface area contributed by atoms with Gasteiger partial charge in [0.05, 0.1) is 5.69 Å². The van der Waals surface area contributed by atoms with Crippen LogP contribution >= 0.6 is 0 Å². The molecule has 0 saturated carbocycles. The number of carbonyl (C=O) groups excluding carboxylic acids is 1. The molecule has 1 aromatic rings. The molecule has 22 heavy (non-hydrogen) atoms. The molecule has 1 saturated heterocycles. The van der Waals surface area contributed by atoms with Crippen LogP contribution in [0.5, 0.6) is 5.75 Å². The molecule has 0 radical (unpaired) electrons. The molecule has 2 rings (SSSR count). The molecular weight excluding hydrogens is 278 g/mol. The van der Waals surface area contributed by atoms with Gasteiger partial charge >= 0.3 is 0 Å². The Balaban J connectivity index is 1.98. The van der Waals surface area contributed by atoms with Crippen LogP contribution in [-0.2, 0) is 4.79 Å². The molecule has 1 amide bonds. The Kier molecular flexibility index (Phi) is 6.03. The maximum Gasteiger partial charge on any atom is 0.246 e. The smallest absolute Gasteiger partial charge is 0.246 e. The molecule has 118 valence electrons. The topological polar surface area (TPSA) is 67.6 Å². The molecule has 0 bridgehead atoms. The fraction of sp³-hybridized carbons (Fsp3) is 0.353. The van der Waals surface area contributed by atoms with Crippen LogP contribution in [0.25, 0.3) is 6.08 Å². The van der Waals surface area contributed by atoms with Crippen LogP contribution in [0.3, 0.4) is 0 Å². The minimum atomic E-state index is 0.0363. The number of nitrogen functional groups attached to an aromatic ring is 1. The van der Waals surface area contributed by atoms with Gasteiger partial charge in [0.1, 0.15) is 12.4 Å². The molecule has 1 fully saturated rings. The van der Waals surface area contributed by atoms with Crippen molar-refractivity contribution in [2.45, 2.75) is 6.42 Å². The number of rotatable bonds is 5. The molecule has 1 aliphatic rings. The van der Waals surface area contributed by atoms with E-state index in [1.54, 1.807) is 30.4 Å². The molecule has 0 aromatic heterocycles. The summed E-state index contributed by atoms with van der Waals surface area (Å²) in [5, 5.41) is 3.28. The first kappa shape index (κ1) is 16.1. The summed E-state index contributed by atoms with van der Waals surface area (Å²) in [6.07, 6.45) is 6.04. The van der Waals surface area contributed by atoms with E-state index in [1.807, 2.05) is 11.0 Å². The fourth-order valence-electron chi connectivity index (χ4n) is 2.29. The Labute approximate surface area is 131 Å². The van der Waals surface area contributed by atoms with E-state index in [-0.39, 0.29) is 5.91 Å². The molecule has 3 N–H and O–H groups in total. The van der Waals surface area contributed by atoms with E-state index in [0.717, 1.165) is 38.2 Å². The SMILES string of the molecule is C=CCOc1ccc(/C=C\C(=O)N2CCCNCC2)cc1N. The van der Waals surface area contributed by atoms with E-state index in [2.05, 4.69) is 11.9 Å². The summed E-state index contributed by atoms with van der Waals surface area (Å²) in [5.41, 5.74) is 7.37. The van der Waals surface area contributed by atoms with Crippen LogP contribution in [0, 0.1) is 0 Å². The highest BCUT2D eigenvalue weighted by atomic mass is 16.5. The summed E-state index contributed by atoms with van der Waals surface area (Å²) in [4.78, 5) is 14.0. The van der Waals surface area contributed by atoms with E-state index in [9.17, 15) is 4.79 Å². The van der Waals surface area contributed by atoms with Crippen molar-refractivity contribution in [3.8, 4) is 5.75 Å². The third kappa shape index (κ3) is 4.63. The maximum absolute atomic E-state index is 12.2. The quantitative estimate of drug-likeness (QED) is 0.493. The van der Waals surface area contributed by atoms with E-state index in [0.29, 0.717) is 18.0 Å². The first-order chi connectivity index (χ1) is 10.7. The molecule has 5 nitrogen and oxygen atoms in total. The van der Waals surface area contributed by atoms with Crippen molar-refractivity contribution in [3.05, 3.63) is 42.5 Å². The lowest BCUT2D eigenvalue weighted by Gasteiger charge is -2.17. The Bertz CT molecular complexity index is 547. The van der Waals surface area contributed by atoms with Gasteiger partial charge in [0.15, 0.2) is 0 Å². The molecule has 0 atom stereocenters. The number of nitrogens with two attached hydrogens (primary N) is 1. The lowest BCUT2D eigenvalue weighted by molar-refractivity contribution is -0.125. The Hall–Kier alpha value is -2.27. The predicted molar refractivity (Wildman–Crippen MR) is 89.6 cm³/mol. The summed E-state index contributed by atoms with van der Waals surface area (Å²) in [6.45, 7) is 7.38. The highest BCUT2D eigenvalue weighted by molar-refractivity contribution is 5.92. The van der Waals surface area contributed by atoms with Gasteiger partial charge in [-0.05, 0) is 36.7 Å². The monoisotopic (exact) mass is 301 g/mol. The molecule has 1 aliphatic heterocycles. The number of nitrogens with one attached hydrogen (secondary N) is 1. The number of benzene rings is 1. The van der Waals surface area contributed by atoms with E-state index >= 15 is 0 Å². The molecule has 0 unspecified atom stereocenters. The van der Waals surface area contributed by atoms with Gasteiger partial charge in [0.2, 0.25) is 5.91 Å². The molecule has 1 aromatic carbocycles. The highest BCUT2D eigenvalue weighted by Gasteiger charge is 2.12. The summed E-state index contributed by atoms with van der Waals surface area (Å²) < 4.78 is 5.43. The second-order valence-electron chi connectivity index (χ2n) is 5.16. The minimum absolute atomic E-state index is 0.0363. The van der Waals surface area contributed by atoms with Crippen LogP contribution in [0.2, 0.25) is 0 Å². The van der Waals surface area contributed by atoms with Crippen molar-refractivity contribution in [1.82, 2.24) is 10.2 Å². The van der Waals surface area contributed by atoms with Crippen LogP contribution in [0.4, 0.5) is 5.69 Å². The standard InChI is InChI=1S/C17H23N3O2/c1-2-12-22-16-6-4-14(13-15(16)18)5-7-17(21)20-10-3-8-19-9-11-20/h2,4-7,13,19H,1,3,8-12,18H2/b7-5-. The highest BCUT2D eigenvalue weighted by Crippen LogP contribution is 2.23. The van der Waals surface area contributed by atoms with Gasteiger partial charge < -0.3 is 20.7 Å². The summed E-state index contributed by atoms with van der Waals surface area (Å²) in [5.74, 6) is 0.663. The number of anilines is 1. The molecule has 5 heteroatoms. The molecule has 1 heterocycles. The van der Waals surface area contributed by atoms with Crippen molar-refractivity contribution in [1.29, 1.82) is 0 Å². The van der Waals surface area contributed by atoms with Crippen molar-refractivity contribution in [2.24, 2.45) is 0 Å². The number of nitrogens with zero attached hydrogens (tertiary/aromatic N) is 1. The average molecular weight is 301 g/mol. The van der Waals surface area contributed by atoms with Crippen molar-refractivity contribution < 1.29 is 9.53 Å². The van der Waals surface area contributed by atoms with Gasteiger partial charge in [-0.25, -0.2) is 0 Å². The average Bonchev–Trinajstić information content (AvgIpc) is 2.81. The number of ether oxygens (including phenoxy) is 1. The summed E-state index contributed by atoms with van der Waals surface area (Å²) in [6, 6.07) is 5.48. The van der Waals surface area contributed by atoms with Crippen LogP contribution < -0.4 is 15.8 Å². The zero-order valence-electron chi connectivity index (χ0n) is 12.8. The zero-order valence-corrected chi connectivity index (χ0v) is 12.8. The molecule has 0 aliphatic carbocycles. The third-order valence-corrected chi connectivity index (χ3v) is 3.46. The van der Waals surface area contributed by atoms with E-state index < -0.39 is 0 Å². The summed E-state index contributed by atoms with van der Waals surface area (Å²) >= 11 is 0. The van der Waals surface area contributed by atoms with Gasteiger partial charge in [-0.15, -0.1) is 0 Å². The normalized spacial score (nSPS) is 15.5. The van der Waals surface area contributed by atoms with Gasteiger partial charge in [0.25, 0.3) is 0 Å². The number of carbonyl (C=O) groups is 1. The maximum atomic E-state index is 12.2. The van der Waals surface area contributed by atoms with E-state index in [4.69, 9.17) is 10.5 Å². The first-order valence-corrected chi connectivity index (χ1v) is 7.51. The van der Waals surface area contributed by atoms with Crippen LogP contribution in [-0.4, -0.2) is 43.6 Å². The first-order valence-electron chi connectivity index (χ1n) is 7.51. The number of hydrogen-bond donors (Lipinski definition) is 2. The third-order valence-electron chi connectivity index (χ3n) is 3.46. The number of hydrogen-bond acceptors (Lipinski definition) is 4. The second kappa shape index (κ2) is 8.24. The fourth-order valence-corrected chi connectivity index (χ4v) is 2.29. The Morgan fingerprint density at radius 3 is 3.05 bits per heavy atom. The lowest BCUT2D eigenvalue weighted by Crippen LogP contribution is -2.32. The number of amides is 1. The van der Waals surface area contributed by atoms with Gasteiger partial charge in [-0.1, -0.05) is 18.7 Å². The van der Waals surface area contributed by atoms with Crippen LogP contribution in [0.15, 0.2) is 36.9 Å². The predicted octanol–water partition coefficient (Wildman–Crippen LogP) is 1.67. The van der Waals surface area contributed by atoms with Crippen molar-refractivity contribution in [3.63, 3.8) is 0 Å². The van der Waals surface area contributed by atoms with Crippen molar-refractivity contribution in [2.75, 3.05) is 38.5 Å². The molecular formula is C17H23N3O2. The minimum Gasteiger partial charge on any atom is -0.487 e. The molecule has 0 spiro atoms. The van der Waals surface area contributed by atoms with Gasteiger partial charge in [0, 0.05) is 25.7 Å². The lowest BCUT2D eigenvalue weighted by atomic mass is 10.1. The Morgan fingerprint density at radius 2 is 2.27 bits per heavy atom. The van der Waals surface area contributed by atoms with Crippen molar-refractivity contribution >= 4 is 17.7 Å².